The number of halogens is 1. The molecule has 1 aromatic rings. The van der Waals surface area contributed by atoms with Gasteiger partial charge < -0.3 is 4.74 Å². The van der Waals surface area contributed by atoms with E-state index in [2.05, 4.69) is 15.9 Å². The lowest BCUT2D eigenvalue weighted by Crippen LogP contribution is -1.96. The van der Waals surface area contributed by atoms with Gasteiger partial charge in [-0.1, -0.05) is 15.9 Å². The zero-order chi connectivity index (χ0) is 10.7. The third kappa shape index (κ3) is 1.83. The summed E-state index contributed by atoms with van der Waals surface area (Å²) >= 11 is 3.07. The van der Waals surface area contributed by atoms with Gasteiger partial charge >= 0.3 is 5.69 Å². The summed E-state index contributed by atoms with van der Waals surface area (Å²) in [7, 11) is 1.29. The number of nitro groups is 1. The topological polar surface area (TPSA) is 76.2 Å². The molecule has 1 rings (SSSR count). The normalized spacial score (nSPS) is 9.21. The maximum atomic E-state index is 10.6. The third-order valence-corrected chi connectivity index (χ3v) is 2.01. The molecule has 0 aliphatic rings. The minimum atomic E-state index is -0.593. The van der Waals surface area contributed by atoms with Crippen molar-refractivity contribution in [3.8, 4) is 11.8 Å². The first-order valence-electron chi connectivity index (χ1n) is 3.52. The van der Waals surface area contributed by atoms with Gasteiger partial charge in [0.25, 0.3) is 0 Å². The predicted octanol–water partition coefficient (Wildman–Crippen LogP) is 2.24. The largest absolute Gasteiger partial charge is 0.489 e. The van der Waals surface area contributed by atoms with Gasteiger partial charge in [0.15, 0.2) is 0 Å². The molecular weight excluding hydrogens is 252 g/mol. The number of benzene rings is 1. The van der Waals surface area contributed by atoms with Gasteiger partial charge in [0.1, 0.15) is 11.6 Å². The second-order valence-electron chi connectivity index (χ2n) is 2.37. The van der Waals surface area contributed by atoms with Crippen LogP contribution in [0.4, 0.5) is 5.69 Å². The molecule has 0 unspecified atom stereocenters. The van der Waals surface area contributed by atoms with Crippen molar-refractivity contribution in [3.63, 3.8) is 0 Å². The van der Waals surface area contributed by atoms with Gasteiger partial charge in [-0.3, -0.25) is 10.1 Å². The van der Waals surface area contributed by atoms with Crippen molar-refractivity contribution >= 4 is 21.6 Å². The summed E-state index contributed by atoms with van der Waals surface area (Å²) in [5.74, 6) is -0.0132. The molecule has 0 bridgehead atoms. The highest BCUT2D eigenvalue weighted by molar-refractivity contribution is 9.10. The van der Waals surface area contributed by atoms with Gasteiger partial charge in [-0.15, -0.1) is 0 Å². The second-order valence-corrected chi connectivity index (χ2v) is 3.29. The first-order chi connectivity index (χ1) is 6.60. The maximum Gasteiger partial charge on any atom is 0.313 e. The van der Waals surface area contributed by atoms with Gasteiger partial charge in [0, 0.05) is 10.5 Å². The number of rotatable bonds is 2. The molecule has 6 heteroatoms. The highest BCUT2D eigenvalue weighted by Crippen LogP contribution is 2.33. The van der Waals surface area contributed by atoms with E-state index in [1.54, 1.807) is 0 Å². The van der Waals surface area contributed by atoms with Gasteiger partial charge in [0.2, 0.25) is 5.75 Å². The maximum absolute atomic E-state index is 10.6. The first kappa shape index (κ1) is 10.5. The van der Waals surface area contributed by atoms with Crippen LogP contribution in [0.15, 0.2) is 16.6 Å². The Labute approximate surface area is 88.2 Å². The number of methoxy groups -OCH3 is 1. The van der Waals surface area contributed by atoms with Crippen LogP contribution in [0.1, 0.15) is 5.56 Å². The van der Waals surface area contributed by atoms with Gasteiger partial charge in [0.05, 0.1) is 12.0 Å². The zero-order valence-electron chi connectivity index (χ0n) is 7.15. The average Bonchev–Trinajstić information content (AvgIpc) is 2.16. The van der Waals surface area contributed by atoms with Crippen molar-refractivity contribution < 1.29 is 9.66 Å². The van der Waals surface area contributed by atoms with E-state index in [0.717, 1.165) is 0 Å². The Morgan fingerprint density at radius 1 is 1.64 bits per heavy atom. The van der Waals surface area contributed by atoms with Crippen LogP contribution >= 0.6 is 15.9 Å². The Morgan fingerprint density at radius 2 is 2.29 bits per heavy atom. The Kier molecular flexibility index (Phi) is 3.04. The molecule has 14 heavy (non-hydrogen) atoms. The molecule has 5 nitrogen and oxygen atoms in total. The fourth-order valence-electron chi connectivity index (χ4n) is 1.01. The van der Waals surface area contributed by atoms with Gasteiger partial charge in [-0.25, -0.2) is 0 Å². The van der Waals surface area contributed by atoms with Crippen LogP contribution in [0.5, 0.6) is 5.75 Å². The predicted molar refractivity (Wildman–Crippen MR) is 52.1 cm³/mol. The first-order valence-corrected chi connectivity index (χ1v) is 4.31. The van der Waals surface area contributed by atoms with Crippen LogP contribution in [0.2, 0.25) is 0 Å². The smallest absolute Gasteiger partial charge is 0.313 e. The molecule has 0 heterocycles. The van der Waals surface area contributed by atoms with Crippen LogP contribution in [-0.4, -0.2) is 12.0 Å². The number of hydrogen-bond acceptors (Lipinski definition) is 4. The van der Waals surface area contributed by atoms with Crippen molar-refractivity contribution in [2.75, 3.05) is 7.11 Å². The molecule has 0 fully saturated rings. The van der Waals surface area contributed by atoms with Crippen molar-refractivity contribution in [1.82, 2.24) is 0 Å². The number of ether oxygens (including phenoxy) is 1. The highest BCUT2D eigenvalue weighted by atomic mass is 79.9. The molecular formula is C8H5BrN2O3. The molecule has 72 valence electrons. The average molecular weight is 257 g/mol. The summed E-state index contributed by atoms with van der Waals surface area (Å²) in [6, 6.07) is 4.58. The summed E-state index contributed by atoms with van der Waals surface area (Å²) in [6.45, 7) is 0. The molecule has 0 amide bonds. The summed E-state index contributed by atoms with van der Waals surface area (Å²) in [5.41, 5.74) is -0.0907. The quantitative estimate of drug-likeness (QED) is 0.601. The monoisotopic (exact) mass is 256 g/mol. The van der Waals surface area contributed by atoms with Crippen molar-refractivity contribution in [1.29, 1.82) is 5.26 Å². The molecule has 0 aromatic heterocycles. The summed E-state index contributed by atoms with van der Waals surface area (Å²) in [6.07, 6.45) is 0. The summed E-state index contributed by atoms with van der Waals surface area (Å²) in [4.78, 5) is 10.0. The lowest BCUT2D eigenvalue weighted by Gasteiger charge is -2.03. The van der Waals surface area contributed by atoms with E-state index in [1.807, 2.05) is 6.07 Å². The minimum Gasteiger partial charge on any atom is -0.489 e. The zero-order valence-corrected chi connectivity index (χ0v) is 8.74. The molecule has 0 aliphatic heterocycles. The second kappa shape index (κ2) is 4.07. The van der Waals surface area contributed by atoms with E-state index >= 15 is 0 Å². The van der Waals surface area contributed by atoms with E-state index in [-0.39, 0.29) is 17.0 Å². The molecule has 0 saturated carbocycles. The van der Waals surface area contributed by atoms with Crippen LogP contribution < -0.4 is 4.74 Å². The van der Waals surface area contributed by atoms with E-state index in [1.165, 1.54) is 19.2 Å². The van der Waals surface area contributed by atoms with Gasteiger partial charge in [-0.05, 0) is 6.07 Å². The van der Waals surface area contributed by atoms with E-state index in [9.17, 15) is 10.1 Å². The molecule has 0 aliphatic carbocycles. The summed E-state index contributed by atoms with van der Waals surface area (Å²) < 4.78 is 5.27. The Bertz CT molecular complexity index is 425. The highest BCUT2D eigenvalue weighted by Gasteiger charge is 2.19. The number of nitro benzene ring substituents is 1. The third-order valence-electron chi connectivity index (χ3n) is 1.56. The molecule has 0 atom stereocenters. The molecule has 0 spiro atoms. The van der Waals surface area contributed by atoms with Crippen molar-refractivity contribution in [2.24, 2.45) is 0 Å². The standard InChI is InChI=1S/C8H5BrN2O3/c1-14-8-5(4-10)2-6(9)3-7(8)11(12)13/h2-3H,1H3. The van der Waals surface area contributed by atoms with Crippen LogP contribution in [0.3, 0.4) is 0 Å². The van der Waals surface area contributed by atoms with Crippen LogP contribution in [0.25, 0.3) is 0 Å². The molecule has 0 N–H and O–H groups in total. The fourth-order valence-corrected chi connectivity index (χ4v) is 1.46. The number of nitriles is 1. The molecule has 1 aromatic carbocycles. The van der Waals surface area contributed by atoms with Gasteiger partial charge in [-0.2, -0.15) is 5.26 Å². The Hall–Kier alpha value is -1.61. The van der Waals surface area contributed by atoms with E-state index in [4.69, 9.17) is 10.00 Å². The lowest BCUT2D eigenvalue weighted by molar-refractivity contribution is -0.385. The SMILES string of the molecule is COc1c(C#N)cc(Br)cc1[N+](=O)[O-]. The number of nitrogens with zero attached hydrogens (tertiary/aromatic N) is 2. The minimum absolute atomic E-state index is 0.0132. The lowest BCUT2D eigenvalue weighted by atomic mass is 10.2. The number of hydrogen-bond donors (Lipinski definition) is 0. The van der Waals surface area contributed by atoms with Crippen molar-refractivity contribution in [3.05, 3.63) is 32.3 Å². The van der Waals surface area contributed by atoms with E-state index < -0.39 is 4.92 Å². The molecule has 0 radical (unpaired) electrons. The van der Waals surface area contributed by atoms with E-state index in [0.29, 0.717) is 4.47 Å². The Balaban J connectivity index is 3.49. The Morgan fingerprint density at radius 3 is 2.71 bits per heavy atom. The molecule has 0 saturated heterocycles. The van der Waals surface area contributed by atoms with Crippen molar-refractivity contribution in [2.45, 2.75) is 0 Å². The fraction of sp³-hybridized carbons (Fsp3) is 0.125. The van der Waals surface area contributed by atoms with Crippen LogP contribution in [0, 0.1) is 21.4 Å². The van der Waals surface area contributed by atoms with Crippen LogP contribution in [-0.2, 0) is 0 Å². The summed E-state index contributed by atoms with van der Waals surface area (Å²) in [5, 5.41) is 19.3.